The Balaban J connectivity index is 1.51. The topological polar surface area (TPSA) is 46.6 Å². The fourth-order valence-electron chi connectivity index (χ4n) is 3.18. The first-order valence-electron chi connectivity index (χ1n) is 9.14. The summed E-state index contributed by atoms with van der Waals surface area (Å²) < 4.78 is 6.98. The maximum Gasteiger partial charge on any atom is 0.294 e. The summed E-state index contributed by atoms with van der Waals surface area (Å²) in [7, 11) is 0. The fourth-order valence-corrected chi connectivity index (χ4v) is 4.71. The predicted molar refractivity (Wildman–Crippen MR) is 129 cm³/mol. The van der Waals surface area contributed by atoms with E-state index in [4.69, 9.17) is 11.2 Å². The molecule has 0 spiro atoms. The van der Waals surface area contributed by atoms with E-state index in [-0.39, 0.29) is 17.7 Å². The van der Waals surface area contributed by atoms with Crippen LogP contribution in [-0.2, 0) is 11.4 Å². The average Bonchev–Trinajstić information content (AvgIpc) is 3.01. The number of carbonyl (C=O) groups excluding carboxylic acids is 2. The largest absolute Gasteiger partial charge is 0.488 e. The summed E-state index contributed by atoms with van der Waals surface area (Å²) in [6.07, 6.45) is 6.94. The highest BCUT2D eigenvalue weighted by molar-refractivity contribution is 14.1. The molecule has 148 valence electrons. The van der Waals surface area contributed by atoms with Crippen LogP contribution in [0.15, 0.2) is 65.6 Å². The van der Waals surface area contributed by atoms with Gasteiger partial charge < -0.3 is 4.74 Å². The van der Waals surface area contributed by atoms with Crippen molar-refractivity contribution in [3.63, 3.8) is 0 Å². The maximum atomic E-state index is 12.3. The van der Waals surface area contributed by atoms with Gasteiger partial charge in [-0.1, -0.05) is 54.5 Å². The number of carbonyl (C=O) groups is 2. The Hall–Kier alpha value is -2.76. The lowest BCUT2D eigenvalue weighted by atomic mass is 10.1. The Bertz CT molecular complexity index is 1220. The van der Waals surface area contributed by atoms with Crippen LogP contribution in [0.5, 0.6) is 5.75 Å². The summed E-state index contributed by atoms with van der Waals surface area (Å²) in [5.74, 6) is 2.75. The summed E-state index contributed by atoms with van der Waals surface area (Å²) in [6.45, 7) is 0.447. The second-order valence-corrected chi connectivity index (χ2v) is 8.74. The summed E-state index contributed by atoms with van der Waals surface area (Å²) in [5.41, 5.74) is 1.94. The van der Waals surface area contributed by atoms with E-state index < -0.39 is 0 Å². The van der Waals surface area contributed by atoms with Crippen molar-refractivity contribution in [2.75, 3.05) is 6.54 Å². The molecule has 0 N–H and O–H groups in total. The van der Waals surface area contributed by atoms with Crippen molar-refractivity contribution in [1.29, 1.82) is 0 Å². The molecular formula is C24H16INO3S. The lowest BCUT2D eigenvalue weighted by Crippen LogP contribution is -2.28. The quantitative estimate of drug-likeness (QED) is 0.244. The van der Waals surface area contributed by atoms with E-state index in [1.165, 1.54) is 10.8 Å². The van der Waals surface area contributed by atoms with Crippen LogP contribution < -0.4 is 4.74 Å². The molecule has 1 heterocycles. The van der Waals surface area contributed by atoms with Crippen molar-refractivity contribution in [1.82, 2.24) is 4.90 Å². The van der Waals surface area contributed by atoms with Gasteiger partial charge >= 0.3 is 0 Å². The fraction of sp³-hybridized carbons (Fsp3) is 0.0833. The van der Waals surface area contributed by atoms with Crippen LogP contribution in [0.25, 0.3) is 16.8 Å². The number of ether oxygens (including phenoxy) is 1. The Morgan fingerprint density at radius 2 is 1.90 bits per heavy atom. The number of imide groups is 1. The van der Waals surface area contributed by atoms with Crippen LogP contribution in [0.1, 0.15) is 11.1 Å². The van der Waals surface area contributed by atoms with E-state index in [0.717, 1.165) is 37.1 Å². The lowest BCUT2D eigenvalue weighted by Gasteiger charge is -2.11. The number of hydrogen-bond acceptors (Lipinski definition) is 4. The number of benzene rings is 3. The maximum absolute atomic E-state index is 12.3. The van der Waals surface area contributed by atoms with E-state index in [1.807, 2.05) is 36.4 Å². The molecule has 0 atom stereocenters. The molecule has 6 heteroatoms. The number of terminal acetylenes is 1. The Kier molecular flexibility index (Phi) is 6.11. The molecule has 3 aromatic carbocycles. The second kappa shape index (κ2) is 8.94. The summed E-state index contributed by atoms with van der Waals surface area (Å²) in [5, 5.41) is 2.02. The second-order valence-electron chi connectivity index (χ2n) is 6.59. The van der Waals surface area contributed by atoms with Gasteiger partial charge in [0.05, 0.1) is 15.0 Å². The molecule has 0 unspecified atom stereocenters. The van der Waals surface area contributed by atoms with Gasteiger partial charge in [-0.05, 0) is 74.5 Å². The molecule has 3 aromatic rings. The molecule has 0 aromatic heterocycles. The molecule has 1 fully saturated rings. The Labute approximate surface area is 192 Å². The number of rotatable bonds is 5. The van der Waals surface area contributed by atoms with Crippen LogP contribution in [0.2, 0.25) is 0 Å². The third kappa shape index (κ3) is 4.23. The van der Waals surface area contributed by atoms with Gasteiger partial charge in [-0.15, -0.1) is 6.42 Å². The first-order valence-corrected chi connectivity index (χ1v) is 11.0. The third-order valence-electron chi connectivity index (χ3n) is 4.64. The van der Waals surface area contributed by atoms with Crippen LogP contribution in [0.3, 0.4) is 0 Å². The van der Waals surface area contributed by atoms with Gasteiger partial charge in [0, 0.05) is 0 Å². The van der Waals surface area contributed by atoms with E-state index >= 15 is 0 Å². The smallest absolute Gasteiger partial charge is 0.294 e. The van der Waals surface area contributed by atoms with Gasteiger partial charge in [0.2, 0.25) is 0 Å². The first-order chi connectivity index (χ1) is 14.6. The molecule has 0 saturated carbocycles. The minimum Gasteiger partial charge on any atom is -0.488 e. The van der Waals surface area contributed by atoms with E-state index in [2.05, 4.69) is 52.8 Å². The molecule has 1 aliphatic rings. The number of nitrogens with zero attached hydrogens (tertiary/aromatic N) is 1. The molecule has 0 bridgehead atoms. The minimum absolute atomic E-state index is 0.0134. The molecular weight excluding hydrogens is 509 g/mol. The monoisotopic (exact) mass is 525 g/mol. The van der Waals surface area contributed by atoms with Crippen molar-refractivity contribution in [2.24, 2.45) is 0 Å². The Morgan fingerprint density at radius 1 is 1.10 bits per heavy atom. The zero-order valence-corrected chi connectivity index (χ0v) is 18.8. The van der Waals surface area contributed by atoms with Crippen molar-refractivity contribution in [3.8, 4) is 18.1 Å². The number of thioether (sulfide) groups is 1. The van der Waals surface area contributed by atoms with Gasteiger partial charge in [-0.3, -0.25) is 14.5 Å². The van der Waals surface area contributed by atoms with Crippen LogP contribution in [0.4, 0.5) is 4.79 Å². The lowest BCUT2D eigenvalue weighted by molar-refractivity contribution is -0.122. The molecule has 1 aliphatic heterocycles. The SMILES string of the molecule is C#CCN1C(=O)SC(=Cc2ccc(OCc3cccc4ccccc34)c(I)c2)C1=O. The molecule has 2 amide bonds. The van der Waals surface area contributed by atoms with Crippen molar-refractivity contribution >= 4 is 62.3 Å². The number of fused-ring (bicyclic) bond motifs is 1. The van der Waals surface area contributed by atoms with Crippen LogP contribution >= 0.6 is 34.4 Å². The summed E-state index contributed by atoms with van der Waals surface area (Å²) in [4.78, 5) is 25.7. The number of halogens is 1. The van der Waals surface area contributed by atoms with E-state index in [1.54, 1.807) is 6.08 Å². The van der Waals surface area contributed by atoms with Gasteiger partial charge in [0.25, 0.3) is 11.1 Å². The Morgan fingerprint density at radius 3 is 2.70 bits per heavy atom. The van der Waals surface area contributed by atoms with Gasteiger partial charge in [0.1, 0.15) is 12.4 Å². The number of hydrogen-bond donors (Lipinski definition) is 0. The predicted octanol–water partition coefficient (Wildman–Crippen LogP) is 5.69. The van der Waals surface area contributed by atoms with E-state index in [0.29, 0.717) is 11.5 Å². The minimum atomic E-state index is -0.353. The zero-order chi connectivity index (χ0) is 21.1. The summed E-state index contributed by atoms with van der Waals surface area (Å²) in [6, 6.07) is 20.1. The average molecular weight is 525 g/mol. The molecule has 30 heavy (non-hydrogen) atoms. The molecule has 4 nitrogen and oxygen atoms in total. The van der Waals surface area contributed by atoms with Gasteiger partial charge in [-0.25, -0.2) is 0 Å². The molecule has 0 radical (unpaired) electrons. The highest BCUT2D eigenvalue weighted by atomic mass is 127. The molecule has 0 aliphatic carbocycles. The van der Waals surface area contributed by atoms with E-state index in [9.17, 15) is 9.59 Å². The summed E-state index contributed by atoms with van der Waals surface area (Å²) >= 11 is 3.11. The first kappa shape index (κ1) is 20.5. The third-order valence-corrected chi connectivity index (χ3v) is 6.39. The normalized spacial score (nSPS) is 15.1. The standard InChI is InChI=1S/C24H16INO3S/c1-2-12-26-23(27)22(30-24(26)28)14-16-10-11-21(20(25)13-16)29-15-18-8-5-7-17-6-3-4-9-19(17)18/h1,3-11,13-14H,12,15H2. The molecule has 4 rings (SSSR count). The van der Waals surface area contributed by atoms with Crippen molar-refractivity contribution < 1.29 is 14.3 Å². The zero-order valence-electron chi connectivity index (χ0n) is 15.8. The van der Waals surface area contributed by atoms with Gasteiger partial charge in [0.15, 0.2) is 0 Å². The van der Waals surface area contributed by atoms with Gasteiger partial charge in [-0.2, -0.15) is 0 Å². The van der Waals surface area contributed by atoms with Crippen LogP contribution in [0, 0.1) is 15.9 Å². The van der Waals surface area contributed by atoms with Crippen molar-refractivity contribution in [2.45, 2.75) is 6.61 Å². The highest BCUT2D eigenvalue weighted by Crippen LogP contribution is 2.33. The highest BCUT2D eigenvalue weighted by Gasteiger charge is 2.34. The van der Waals surface area contributed by atoms with Crippen molar-refractivity contribution in [3.05, 3.63) is 80.3 Å². The van der Waals surface area contributed by atoms with Crippen LogP contribution in [-0.4, -0.2) is 22.6 Å². The number of amides is 2. The molecule has 1 saturated heterocycles.